The van der Waals surface area contributed by atoms with Crippen LogP contribution in [0.3, 0.4) is 0 Å². The largest absolute Gasteiger partial charge is 0.478 e. The Hall–Kier alpha value is -1.84. The number of aryl methyl sites for hydroxylation is 2. The summed E-state index contributed by atoms with van der Waals surface area (Å²) in [5, 5.41) is 12.0. The summed E-state index contributed by atoms with van der Waals surface area (Å²) in [5.41, 5.74) is 2.46. The van der Waals surface area contributed by atoms with E-state index in [4.69, 9.17) is 5.11 Å². The lowest BCUT2D eigenvalue weighted by molar-refractivity contribution is -0.119. The maximum atomic E-state index is 12.1. The minimum atomic E-state index is -0.964. The van der Waals surface area contributed by atoms with Gasteiger partial charge in [-0.05, 0) is 43.9 Å². The fourth-order valence-corrected chi connectivity index (χ4v) is 2.64. The number of carbonyl (C=O) groups is 2. The van der Waals surface area contributed by atoms with Crippen LogP contribution < -0.4 is 5.32 Å². The van der Waals surface area contributed by atoms with Gasteiger partial charge in [0.2, 0.25) is 5.91 Å². The van der Waals surface area contributed by atoms with Crippen molar-refractivity contribution in [2.75, 3.05) is 5.32 Å². The Morgan fingerprint density at radius 3 is 2.37 bits per heavy atom. The molecule has 4 heteroatoms. The quantitative estimate of drug-likeness (QED) is 0.878. The molecule has 19 heavy (non-hydrogen) atoms. The average Bonchev–Trinajstić information content (AvgIpc) is 2.85. The highest BCUT2D eigenvalue weighted by Crippen LogP contribution is 2.27. The van der Waals surface area contributed by atoms with Gasteiger partial charge in [-0.1, -0.05) is 18.9 Å². The van der Waals surface area contributed by atoms with E-state index in [0.29, 0.717) is 11.3 Å². The lowest BCUT2D eigenvalue weighted by atomic mass is 10.0. The molecule has 0 spiro atoms. The van der Waals surface area contributed by atoms with E-state index in [2.05, 4.69) is 5.32 Å². The van der Waals surface area contributed by atoms with E-state index in [1.165, 1.54) is 0 Å². The van der Waals surface area contributed by atoms with Crippen molar-refractivity contribution in [2.24, 2.45) is 5.92 Å². The maximum Gasteiger partial charge on any atom is 0.336 e. The average molecular weight is 261 g/mol. The lowest BCUT2D eigenvalue weighted by Gasteiger charge is -2.14. The molecule has 0 radical (unpaired) electrons. The van der Waals surface area contributed by atoms with Gasteiger partial charge in [-0.2, -0.15) is 0 Å². The Labute approximate surface area is 112 Å². The number of aromatic carboxylic acids is 1. The van der Waals surface area contributed by atoms with Gasteiger partial charge in [0.05, 0.1) is 5.56 Å². The smallest absolute Gasteiger partial charge is 0.336 e. The van der Waals surface area contributed by atoms with Crippen LogP contribution in [0.2, 0.25) is 0 Å². The first-order valence-electron chi connectivity index (χ1n) is 6.64. The number of carboxylic acids is 1. The number of hydrogen-bond donors (Lipinski definition) is 2. The molecule has 0 saturated heterocycles. The molecule has 0 bridgehead atoms. The van der Waals surface area contributed by atoms with E-state index in [1.54, 1.807) is 19.1 Å². The summed E-state index contributed by atoms with van der Waals surface area (Å²) in [5.74, 6) is -0.872. The molecule has 1 aromatic rings. The summed E-state index contributed by atoms with van der Waals surface area (Å²) < 4.78 is 0. The van der Waals surface area contributed by atoms with E-state index in [0.717, 1.165) is 31.2 Å². The molecule has 1 amide bonds. The Kier molecular flexibility index (Phi) is 3.88. The van der Waals surface area contributed by atoms with Crippen molar-refractivity contribution in [3.8, 4) is 0 Å². The SMILES string of the molecule is Cc1cc(C)c(C(=O)O)cc1NC(=O)C1CCCC1. The predicted molar refractivity (Wildman–Crippen MR) is 73.5 cm³/mol. The summed E-state index contributed by atoms with van der Waals surface area (Å²) in [7, 11) is 0. The molecular formula is C15H19NO3. The standard InChI is InChI=1S/C15H19NO3/c1-9-7-10(2)13(8-12(9)15(18)19)16-14(17)11-5-3-4-6-11/h7-8,11H,3-6H2,1-2H3,(H,16,17)(H,18,19). The van der Waals surface area contributed by atoms with Gasteiger partial charge >= 0.3 is 5.97 Å². The molecule has 4 nitrogen and oxygen atoms in total. The van der Waals surface area contributed by atoms with Crippen LogP contribution in [-0.2, 0) is 4.79 Å². The topological polar surface area (TPSA) is 66.4 Å². The first-order valence-corrected chi connectivity index (χ1v) is 6.64. The van der Waals surface area contributed by atoms with Gasteiger partial charge in [0.15, 0.2) is 0 Å². The predicted octanol–water partition coefficient (Wildman–Crippen LogP) is 3.13. The van der Waals surface area contributed by atoms with Crippen LogP contribution in [0.25, 0.3) is 0 Å². The van der Waals surface area contributed by atoms with Crippen molar-refractivity contribution in [1.82, 2.24) is 0 Å². The highest BCUT2D eigenvalue weighted by molar-refractivity contribution is 5.96. The van der Waals surface area contributed by atoms with E-state index in [9.17, 15) is 9.59 Å². The minimum absolute atomic E-state index is 0.0146. The normalized spacial score (nSPS) is 15.5. The van der Waals surface area contributed by atoms with Gasteiger partial charge in [-0.3, -0.25) is 4.79 Å². The van der Waals surface area contributed by atoms with Gasteiger partial charge in [0.1, 0.15) is 0 Å². The second-order valence-electron chi connectivity index (χ2n) is 5.26. The van der Waals surface area contributed by atoms with Gasteiger partial charge in [-0.15, -0.1) is 0 Å². The molecular weight excluding hydrogens is 242 g/mol. The third-order valence-electron chi connectivity index (χ3n) is 3.79. The number of carbonyl (C=O) groups excluding carboxylic acids is 1. The number of benzene rings is 1. The molecule has 1 fully saturated rings. The molecule has 1 saturated carbocycles. The molecule has 0 aromatic heterocycles. The number of amides is 1. The maximum absolute atomic E-state index is 12.1. The van der Waals surface area contributed by atoms with Crippen LogP contribution >= 0.6 is 0 Å². The van der Waals surface area contributed by atoms with Crippen molar-refractivity contribution < 1.29 is 14.7 Å². The fourth-order valence-electron chi connectivity index (χ4n) is 2.64. The van der Waals surface area contributed by atoms with Crippen LogP contribution in [0.5, 0.6) is 0 Å². The van der Waals surface area contributed by atoms with Crippen LogP contribution in [0.1, 0.15) is 47.2 Å². The number of nitrogens with one attached hydrogen (secondary N) is 1. The highest BCUT2D eigenvalue weighted by Gasteiger charge is 2.23. The molecule has 2 N–H and O–H groups in total. The van der Waals surface area contributed by atoms with Crippen molar-refractivity contribution in [3.05, 3.63) is 28.8 Å². The summed E-state index contributed by atoms with van der Waals surface area (Å²) in [4.78, 5) is 23.2. The van der Waals surface area contributed by atoms with Gasteiger partial charge in [0, 0.05) is 11.6 Å². The lowest BCUT2D eigenvalue weighted by Crippen LogP contribution is -2.21. The van der Waals surface area contributed by atoms with E-state index in [-0.39, 0.29) is 17.4 Å². The third-order valence-corrected chi connectivity index (χ3v) is 3.79. The molecule has 0 heterocycles. The zero-order valence-corrected chi connectivity index (χ0v) is 11.3. The third kappa shape index (κ3) is 2.95. The highest BCUT2D eigenvalue weighted by atomic mass is 16.4. The van der Waals surface area contributed by atoms with Crippen molar-refractivity contribution in [3.63, 3.8) is 0 Å². The second-order valence-corrected chi connectivity index (χ2v) is 5.26. The van der Waals surface area contributed by atoms with Crippen LogP contribution in [0, 0.1) is 19.8 Å². The molecule has 102 valence electrons. The second kappa shape index (κ2) is 5.43. The zero-order valence-electron chi connectivity index (χ0n) is 11.3. The Morgan fingerprint density at radius 2 is 1.79 bits per heavy atom. The Bertz CT molecular complexity index is 516. The molecule has 0 unspecified atom stereocenters. The molecule has 1 aliphatic rings. The molecule has 1 aromatic carbocycles. The summed E-state index contributed by atoms with van der Waals surface area (Å²) in [6.07, 6.45) is 4.07. The van der Waals surface area contributed by atoms with Crippen LogP contribution in [0.15, 0.2) is 12.1 Å². The van der Waals surface area contributed by atoms with Gasteiger partial charge in [0.25, 0.3) is 0 Å². The Morgan fingerprint density at radius 1 is 1.16 bits per heavy atom. The number of rotatable bonds is 3. The first kappa shape index (κ1) is 13.6. The summed E-state index contributed by atoms with van der Waals surface area (Å²) in [6, 6.07) is 3.35. The summed E-state index contributed by atoms with van der Waals surface area (Å²) in [6.45, 7) is 3.64. The number of anilines is 1. The Balaban J connectivity index is 2.21. The van der Waals surface area contributed by atoms with Crippen LogP contribution in [-0.4, -0.2) is 17.0 Å². The number of hydrogen-bond acceptors (Lipinski definition) is 2. The fraction of sp³-hybridized carbons (Fsp3) is 0.467. The molecule has 1 aliphatic carbocycles. The van der Waals surface area contributed by atoms with Gasteiger partial charge < -0.3 is 10.4 Å². The van der Waals surface area contributed by atoms with E-state index < -0.39 is 5.97 Å². The number of carboxylic acid groups (broad SMARTS) is 1. The van der Waals surface area contributed by atoms with Crippen molar-refractivity contribution >= 4 is 17.6 Å². The van der Waals surface area contributed by atoms with Gasteiger partial charge in [-0.25, -0.2) is 4.79 Å². The summed E-state index contributed by atoms with van der Waals surface area (Å²) >= 11 is 0. The minimum Gasteiger partial charge on any atom is -0.478 e. The monoisotopic (exact) mass is 261 g/mol. The zero-order chi connectivity index (χ0) is 14.0. The van der Waals surface area contributed by atoms with E-state index in [1.807, 2.05) is 6.92 Å². The van der Waals surface area contributed by atoms with Crippen molar-refractivity contribution in [2.45, 2.75) is 39.5 Å². The molecule has 0 atom stereocenters. The van der Waals surface area contributed by atoms with E-state index >= 15 is 0 Å². The van der Waals surface area contributed by atoms with Crippen LogP contribution in [0.4, 0.5) is 5.69 Å². The first-order chi connectivity index (χ1) is 8.99. The van der Waals surface area contributed by atoms with Crippen molar-refractivity contribution in [1.29, 1.82) is 0 Å². The molecule has 2 rings (SSSR count). The molecule has 0 aliphatic heterocycles.